The lowest BCUT2D eigenvalue weighted by Gasteiger charge is -2.28. The van der Waals surface area contributed by atoms with Crippen molar-refractivity contribution in [2.75, 3.05) is 19.6 Å². The second-order valence-electron chi connectivity index (χ2n) is 6.53. The van der Waals surface area contributed by atoms with Crippen molar-refractivity contribution in [2.45, 2.75) is 18.9 Å². The number of hydrogen-bond donors (Lipinski definition) is 3. The summed E-state index contributed by atoms with van der Waals surface area (Å²) in [6.45, 7) is 2.06. The number of hydrogen-bond acceptors (Lipinski definition) is 3. The van der Waals surface area contributed by atoms with Gasteiger partial charge in [-0.15, -0.1) is 11.3 Å². The van der Waals surface area contributed by atoms with Gasteiger partial charge in [-0.3, -0.25) is 9.59 Å². The molecule has 2 aromatic rings. The largest absolute Gasteiger partial charge is 0.369 e. The van der Waals surface area contributed by atoms with Crippen LogP contribution in [0.4, 0.5) is 0 Å². The number of piperidine rings is 1. The molecule has 0 radical (unpaired) electrons. The summed E-state index contributed by atoms with van der Waals surface area (Å²) in [6, 6.07) is 14.0. The van der Waals surface area contributed by atoms with Gasteiger partial charge in [0.25, 0.3) is 5.91 Å². The molecule has 1 atom stereocenters. The number of rotatable bonds is 6. The number of quaternary nitrogens is 1. The molecule has 0 saturated carbocycles. The van der Waals surface area contributed by atoms with E-state index in [0.717, 1.165) is 36.4 Å². The fraction of sp³-hybridized carbons (Fsp3) is 0.368. The molecule has 132 valence electrons. The number of carbonyl (C=O) groups excluding carboxylic acids is 2. The van der Waals surface area contributed by atoms with Crippen molar-refractivity contribution in [3.63, 3.8) is 0 Å². The number of thiophene rings is 1. The summed E-state index contributed by atoms with van der Waals surface area (Å²) in [7, 11) is 0. The molecule has 1 fully saturated rings. The van der Waals surface area contributed by atoms with E-state index in [0.29, 0.717) is 6.54 Å². The first-order chi connectivity index (χ1) is 12.1. The molecule has 1 aliphatic rings. The molecular weight excluding hydrogens is 334 g/mol. The van der Waals surface area contributed by atoms with Gasteiger partial charge in [-0.1, -0.05) is 36.4 Å². The van der Waals surface area contributed by atoms with Gasteiger partial charge in [-0.05, 0) is 17.0 Å². The lowest BCUT2D eigenvalue weighted by molar-refractivity contribution is -0.897. The first-order valence-corrected chi connectivity index (χ1v) is 9.52. The molecule has 4 N–H and O–H groups in total. The van der Waals surface area contributed by atoms with Crippen LogP contribution in [0.15, 0.2) is 47.8 Å². The number of carbonyl (C=O) groups is 2. The van der Waals surface area contributed by atoms with Gasteiger partial charge in [-0.25, -0.2) is 0 Å². The Morgan fingerprint density at radius 1 is 1.16 bits per heavy atom. The molecule has 0 unspecified atom stereocenters. The van der Waals surface area contributed by atoms with Crippen LogP contribution >= 0.6 is 11.3 Å². The molecule has 3 rings (SSSR count). The van der Waals surface area contributed by atoms with E-state index in [-0.39, 0.29) is 23.8 Å². The number of nitrogens with one attached hydrogen (secondary N) is 2. The monoisotopic (exact) mass is 358 g/mol. The third kappa shape index (κ3) is 4.67. The predicted octanol–water partition coefficient (Wildman–Crippen LogP) is 0.734. The molecule has 5 nitrogen and oxygen atoms in total. The quantitative estimate of drug-likeness (QED) is 0.712. The van der Waals surface area contributed by atoms with Crippen LogP contribution in [0.25, 0.3) is 0 Å². The Kier molecular flexibility index (Phi) is 5.83. The van der Waals surface area contributed by atoms with Gasteiger partial charge in [0, 0.05) is 23.6 Å². The van der Waals surface area contributed by atoms with Crippen molar-refractivity contribution in [2.24, 2.45) is 11.7 Å². The smallest absolute Gasteiger partial charge is 0.275 e. The van der Waals surface area contributed by atoms with Crippen molar-refractivity contribution < 1.29 is 14.5 Å². The lowest BCUT2D eigenvalue weighted by atomic mass is 9.96. The summed E-state index contributed by atoms with van der Waals surface area (Å²) in [6.07, 6.45) is 1.54. The van der Waals surface area contributed by atoms with Gasteiger partial charge >= 0.3 is 0 Å². The Labute approximate surface area is 151 Å². The SMILES string of the molecule is NC(=O)C1CC[NH+](CC(=O)N[C@H](c2ccccc2)c2cccs2)CC1. The van der Waals surface area contributed by atoms with E-state index in [1.807, 2.05) is 47.8 Å². The summed E-state index contributed by atoms with van der Waals surface area (Å²) in [5.74, 6) is -0.213. The van der Waals surface area contributed by atoms with Gasteiger partial charge in [0.2, 0.25) is 5.91 Å². The number of amides is 2. The molecule has 0 bridgehead atoms. The third-order valence-corrected chi connectivity index (χ3v) is 5.71. The second kappa shape index (κ2) is 8.27. The average Bonchev–Trinajstić information content (AvgIpc) is 3.15. The van der Waals surface area contributed by atoms with Crippen LogP contribution in [0.3, 0.4) is 0 Å². The van der Waals surface area contributed by atoms with E-state index in [4.69, 9.17) is 5.73 Å². The molecule has 25 heavy (non-hydrogen) atoms. The average molecular weight is 358 g/mol. The fourth-order valence-electron chi connectivity index (χ4n) is 3.35. The van der Waals surface area contributed by atoms with E-state index >= 15 is 0 Å². The maximum atomic E-state index is 12.6. The highest BCUT2D eigenvalue weighted by Crippen LogP contribution is 2.25. The summed E-state index contributed by atoms with van der Waals surface area (Å²) >= 11 is 1.64. The van der Waals surface area contributed by atoms with Crippen molar-refractivity contribution in [3.8, 4) is 0 Å². The molecule has 2 amide bonds. The highest BCUT2D eigenvalue weighted by Gasteiger charge is 2.28. The Morgan fingerprint density at radius 2 is 1.88 bits per heavy atom. The predicted molar refractivity (Wildman–Crippen MR) is 98.2 cm³/mol. The number of likely N-dealkylation sites (tertiary alicyclic amines) is 1. The van der Waals surface area contributed by atoms with Crippen LogP contribution in [0.2, 0.25) is 0 Å². The van der Waals surface area contributed by atoms with Crippen LogP contribution in [0.5, 0.6) is 0 Å². The Hall–Kier alpha value is -2.18. The minimum absolute atomic E-state index is 0.0324. The topological polar surface area (TPSA) is 76.6 Å². The van der Waals surface area contributed by atoms with Gasteiger partial charge in [0.1, 0.15) is 0 Å². The molecule has 0 spiro atoms. The maximum Gasteiger partial charge on any atom is 0.275 e. The van der Waals surface area contributed by atoms with Gasteiger partial charge in [-0.2, -0.15) is 0 Å². The van der Waals surface area contributed by atoms with Crippen LogP contribution < -0.4 is 16.0 Å². The molecule has 1 saturated heterocycles. The first kappa shape index (κ1) is 17.6. The molecule has 1 aromatic heterocycles. The van der Waals surface area contributed by atoms with E-state index < -0.39 is 0 Å². The number of nitrogens with two attached hydrogens (primary N) is 1. The molecular formula is C19H24N3O2S+. The summed E-state index contributed by atoms with van der Waals surface area (Å²) in [5.41, 5.74) is 6.46. The van der Waals surface area contributed by atoms with Crippen molar-refractivity contribution >= 4 is 23.2 Å². The van der Waals surface area contributed by atoms with Gasteiger partial charge in [0.15, 0.2) is 6.54 Å². The van der Waals surface area contributed by atoms with E-state index in [2.05, 4.69) is 5.32 Å². The molecule has 6 heteroatoms. The Morgan fingerprint density at radius 3 is 2.48 bits per heavy atom. The second-order valence-corrected chi connectivity index (χ2v) is 7.51. The van der Waals surface area contributed by atoms with Crippen molar-refractivity contribution in [1.82, 2.24) is 5.32 Å². The molecule has 0 aliphatic carbocycles. The first-order valence-electron chi connectivity index (χ1n) is 8.64. The zero-order valence-electron chi connectivity index (χ0n) is 14.1. The number of primary amides is 1. The third-order valence-electron chi connectivity index (χ3n) is 4.77. The normalized spacial score (nSPS) is 21.4. The summed E-state index contributed by atoms with van der Waals surface area (Å²) < 4.78 is 0. The maximum absolute atomic E-state index is 12.6. The minimum atomic E-state index is -0.217. The van der Waals surface area contributed by atoms with Crippen molar-refractivity contribution in [3.05, 3.63) is 58.3 Å². The van der Waals surface area contributed by atoms with Crippen LogP contribution in [-0.2, 0) is 9.59 Å². The number of benzene rings is 1. The van der Waals surface area contributed by atoms with Crippen LogP contribution in [-0.4, -0.2) is 31.4 Å². The lowest BCUT2D eigenvalue weighted by Crippen LogP contribution is -3.14. The minimum Gasteiger partial charge on any atom is -0.369 e. The summed E-state index contributed by atoms with van der Waals surface area (Å²) in [4.78, 5) is 26.2. The van der Waals surface area contributed by atoms with Crippen LogP contribution in [0, 0.1) is 5.92 Å². The van der Waals surface area contributed by atoms with Crippen LogP contribution in [0.1, 0.15) is 29.3 Å². The highest BCUT2D eigenvalue weighted by molar-refractivity contribution is 7.10. The summed E-state index contributed by atoms with van der Waals surface area (Å²) in [5, 5.41) is 5.20. The zero-order valence-corrected chi connectivity index (χ0v) is 14.9. The Bertz CT molecular complexity index is 695. The van der Waals surface area contributed by atoms with Gasteiger partial charge in [0.05, 0.1) is 19.1 Å². The molecule has 1 aliphatic heterocycles. The van der Waals surface area contributed by atoms with Gasteiger partial charge < -0.3 is 16.0 Å². The Balaban J connectivity index is 1.61. The van der Waals surface area contributed by atoms with E-state index in [1.54, 1.807) is 11.3 Å². The zero-order chi connectivity index (χ0) is 17.6. The highest BCUT2D eigenvalue weighted by atomic mass is 32.1. The molecule has 1 aromatic carbocycles. The fourth-order valence-corrected chi connectivity index (χ4v) is 4.15. The van der Waals surface area contributed by atoms with E-state index in [9.17, 15) is 9.59 Å². The van der Waals surface area contributed by atoms with Crippen molar-refractivity contribution in [1.29, 1.82) is 0 Å². The van der Waals surface area contributed by atoms with E-state index in [1.165, 1.54) is 4.90 Å². The molecule has 2 heterocycles. The standard InChI is InChI=1S/C19H23N3O2S/c20-19(24)15-8-10-22(11-9-15)13-17(23)21-18(16-7-4-12-25-16)14-5-2-1-3-6-14/h1-7,12,15,18H,8-11,13H2,(H2,20,24)(H,21,23)/p+1/t18-/m1/s1.